The summed E-state index contributed by atoms with van der Waals surface area (Å²) in [5, 5.41) is 5.24. The van der Waals surface area contributed by atoms with E-state index in [1.807, 2.05) is 28.5 Å². The van der Waals surface area contributed by atoms with Gasteiger partial charge in [-0.2, -0.15) is 0 Å². The van der Waals surface area contributed by atoms with Gasteiger partial charge in [0.1, 0.15) is 17.0 Å². The number of thiophene rings is 2. The number of amides is 1. The normalized spacial score (nSPS) is 14.4. The molecule has 0 spiro atoms. The number of fused-ring (bicyclic) bond motifs is 1. The van der Waals surface area contributed by atoms with E-state index in [9.17, 15) is 4.79 Å². The number of hydrogen-bond acceptors (Lipinski definition) is 7. The molecule has 5 nitrogen and oxygen atoms in total. The Morgan fingerprint density at radius 2 is 1.83 bits per heavy atom. The Morgan fingerprint density at radius 1 is 0.967 bits per heavy atom. The first-order valence-electron chi connectivity index (χ1n) is 9.76. The van der Waals surface area contributed by atoms with Gasteiger partial charge in [0.15, 0.2) is 0 Å². The average molecular weight is 453 g/mol. The minimum Gasteiger partial charge on any atom is -0.352 e. The van der Waals surface area contributed by atoms with Crippen LogP contribution in [0.1, 0.15) is 15.2 Å². The number of carbonyl (C=O) groups is 1. The van der Waals surface area contributed by atoms with Crippen LogP contribution in [-0.2, 0) is 5.75 Å². The average Bonchev–Trinajstić information content (AvgIpc) is 3.49. The van der Waals surface area contributed by atoms with Crippen LogP contribution in [0.5, 0.6) is 0 Å². The third-order valence-electron chi connectivity index (χ3n) is 5.17. The Morgan fingerprint density at radius 3 is 2.67 bits per heavy atom. The summed E-state index contributed by atoms with van der Waals surface area (Å²) in [6.07, 6.45) is 1.63. The van der Waals surface area contributed by atoms with Crippen molar-refractivity contribution in [2.45, 2.75) is 10.6 Å². The Kier molecular flexibility index (Phi) is 5.70. The Balaban J connectivity index is 1.27. The van der Waals surface area contributed by atoms with E-state index in [0.29, 0.717) is 13.1 Å². The van der Waals surface area contributed by atoms with Gasteiger partial charge < -0.3 is 9.80 Å². The number of hydrogen-bond donors (Lipinski definition) is 0. The van der Waals surface area contributed by atoms with E-state index >= 15 is 0 Å². The van der Waals surface area contributed by atoms with Crippen molar-refractivity contribution in [2.75, 3.05) is 31.1 Å². The molecule has 4 heterocycles. The van der Waals surface area contributed by atoms with Crippen molar-refractivity contribution < 1.29 is 4.79 Å². The molecule has 1 saturated heterocycles. The predicted octanol–water partition coefficient (Wildman–Crippen LogP) is 5.01. The molecule has 1 fully saturated rings. The number of piperazine rings is 1. The van der Waals surface area contributed by atoms with Crippen molar-refractivity contribution in [3.05, 3.63) is 70.0 Å². The fourth-order valence-corrected chi connectivity index (χ4v) is 6.18. The molecule has 1 amide bonds. The maximum absolute atomic E-state index is 13.3. The SMILES string of the molecule is O=C(c1ccccc1SCc1cccs1)N1CCN(c2ncnc3sccc23)CC1. The van der Waals surface area contributed by atoms with Crippen LogP contribution < -0.4 is 4.90 Å². The first-order chi connectivity index (χ1) is 14.8. The van der Waals surface area contributed by atoms with Crippen LogP contribution in [0.25, 0.3) is 10.2 Å². The summed E-state index contributed by atoms with van der Waals surface area (Å²) >= 11 is 5.12. The fourth-order valence-electron chi connectivity index (χ4n) is 3.63. The molecule has 0 saturated carbocycles. The summed E-state index contributed by atoms with van der Waals surface area (Å²) in [5.74, 6) is 1.98. The highest BCUT2D eigenvalue weighted by Crippen LogP contribution is 2.30. The zero-order valence-corrected chi connectivity index (χ0v) is 18.7. The molecule has 30 heavy (non-hydrogen) atoms. The van der Waals surface area contributed by atoms with Gasteiger partial charge in [0, 0.05) is 41.7 Å². The number of nitrogens with zero attached hydrogens (tertiary/aromatic N) is 4. The lowest BCUT2D eigenvalue weighted by molar-refractivity contribution is 0.0743. The van der Waals surface area contributed by atoms with Gasteiger partial charge in [-0.15, -0.1) is 34.4 Å². The molecule has 8 heteroatoms. The van der Waals surface area contributed by atoms with Crippen molar-refractivity contribution >= 4 is 56.4 Å². The van der Waals surface area contributed by atoms with Crippen molar-refractivity contribution in [3.63, 3.8) is 0 Å². The minimum atomic E-state index is 0.118. The van der Waals surface area contributed by atoms with E-state index in [-0.39, 0.29) is 5.91 Å². The van der Waals surface area contributed by atoms with Gasteiger partial charge in [-0.25, -0.2) is 9.97 Å². The number of carbonyl (C=O) groups excluding carboxylic acids is 1. The molecule has 3 aromatic heterocycles. The molecular weight excluding hydrogens is 432 g/mol. The fraction of sp³-hybridized carbons (Fsp3) is 0.227. The van der Waals surface area contributed by atoms with Gasteiger partial charge in [0.2, 0.25) is 0 Å². The molecule has 4 aromatic rings. The number of anilines is 1. The maximum Gasteiger partial charge on any atom is 0.255 e. The lowest BCUT2D eigenvalue weighted by Gasteiger charge is -2.35. The lowest BCUT2D eigenvalue weighted by atomic mass is 10.1. The van der Waals surface area contributed by atoms with E-state index < -0.39 is 0 Å². The third kappa shape index (κ3) is 3.95. The second-order valence-corrected chi connectivity index (χ2v) is 9.92. The van der Waals surface area contributed by atoms with Gasteiger partial charge >= 0.3 is 0 Å². The van der Waals surface area contributed by atoms with E-state index in [4.69, 9.17) is 0 Å². The summed E-state index contributed by atoms with van der Waals surface area (Å²) in [5.41, 5.74) is 0.801. The molecule has 0 atom stereocenters. The molecule has 0 unspecified atom stereocenters. The summed E-state index contributed by atoms with van der Waals surface area (Å²) in [4.78, 5) is 29.7. The number of rotatable bonds is 5. The topological polar surface area (TPSA) is 49.3 Å². The second-order valence-electron chi connectivity index (χ2n) is 6.98. The highest BCUT2D eigenvalue weighted by Gasteiger charge is 2.25. The number of aromatic nitrogens is 2. The second kappa shape index (κ2) is 8.75. The lowest BCUT2D eigenvalue weighted by Crippen LogP contribution is -2.49. The summed E-state index contributed by atoms with van der Waals surface area (Å²) in [7, 11) is 0. The molecule has 1 aliphatic heterocycles. The monoisotopic (exact) mass is 452 g/mol. The molecule has 152 valence electrons. The van der Waals surface area contributed by atoms with Crippen LogP contribution in [0.3, 0.4) is 0 Å². The smallest absolute Gasteiger partial charge is 0.255 e. The zero-order chi connectivity index (χ0) is 20.3. The molecule has 5 rings (SSSR count). The molecule has 0 radical (unpaired) electrons. The van der Waals surface area contributed by atoms with Crippen molar-refractivity contribution in [1.29, 1.82) is 0 Å². The molecule has 0 aliphatic carbocycles. The number of thioether (sulfide) groups is 1. The summed E-state index contributed by atoms with van der Waals surface area (Å²) in [6, 6.07) is 14.2. The standard InChI is InChI=1S/C22H20N4OS3/c27-22(17-5-1-2-6-19(17)30-14-16-4-3-12-28-16)26-10-8-25(9-11-26)20-18-7-13-29-21(18)24-15-23-20/h1-7,12-13,15H,8-11,14H2. The highest BCUT2D eigenvalue weighted by atomic mass is 32.2. The summed E-state index contributed by atoms with van der Waals surface area (Å²) in [6.45, 7) is 2.94. The van der Waals surface area contributed by atoms with E-state index in [0.717, 1.165) is 45.3 Å². The van der Waals surface area contributed by atoms with E-state index in [2.05, 4.69) is 44.5 Å². The highest BCUT2D eigenvalue weighted by molar-refractivity contribution is 7.98. The quantitative estimate of drug-likeness (QED) is 0.399. The van der Waals surface area contributed by atoms with Crippen LogP contribution in [0, 0.1) is 0 Å². The van der Waals surface area contributed by atoms with Crippen LogP contribution in [-0.4, -0.2) is 47.0 Å². The third-order valence-corrected chi connectivity index (χ3v) is 8.18. The molecule has 0 N–H and O–H groups in total. The molecular formula is C22H20N4OS3. The molecule has 1 aromatic carbocycles. The summed E-state index contributed by atoms with van der Waals surface area (Å²) < 4.78 is 0. The zero-order valence-electron chi connectivity index (χ0n) is 16.2. The Hall–Kier alpha value is -2.42. The van der Waals surface area contributed by atoms with E-state index in [1.54, 1.807) is 40.8 Å². The van der Waals surface area contributed by atoms with Gasteiger partial charge in [-0.3, -0.25) is 4.79 Å². The Bertz CT molecular complexity index is 1150. The van der Waals surface area contributed by atoms with E-state index in [1.165, 1.54) is 4.88 Å². The predicted molar refractivity (Wildman–Crippen MR) is 126 cm³/mol. The van der Waals surface area contributed by atoms with Crippen LogP contribution in [0.4, 0.5) is 5.82 Å². The van der Waals surface area contributed by atoms with Crippen LogP contribution in [0.2, 0.25) is 0 Å². The van der Waals surface area contributed by atoms with Crippen LogP contribution >= 0.6 is 34.4 Å². The van der Waals surface area contributed by atoms with Gasteiger partial charge in [0.25, 0.3) is 5.91 Å². The number of benzene rings is 1. The maximum atomic E-state index is 13.3. The first-order valence-corrected chi connectivity index (χ1v) is 12.5. The molecule has 0 bridgehead atoms. The first kappa shape index (κ1) is 19.5. The van der Waals surface area contributed by atoms with Crippen molar-refractivity contribution in [3.8, 4) is 0 Å². The van der Waals surface area contributed by atoms with Gasteiger partial charge in [-0.05, 0) is 35.0 Å². The largest absolute Gasteiger partial charge is 0.352 e. The minimum absolute atomic E-state index is 0.118. The Labute approximate surface area is 187 Å². The molecule has 1 aliphatic rings. The van der Waals surface area contributed by atoms with Crippen molar-refractivity contribution in [1.82, 2.24) is 14.9 Å². The van der Waals surface area contributed by atoms with Gasteiger partial charge in [-0.1, -0.05) is 18.2 Å². The van der Waals surface area contributed by atoms with Crippen LogP contribution in [0.15, 0.2) is 64.4 Å². The van der Waals surface area contributed by atoms with Gasteiger partial charge in [0.05, 0.1) is 10.9 Å². The van der Waals surface area contributed by atoms with Crippen molar-refractivity contribution in [2.24, 2.45) is 0 Å².